The SMILES string of the molecule is COc1cc(C=Nc2sc3c(c2C(=O)Nc2ccccc2)CC[C@@H](C(C)(C)C)C3)cc(Br)c1OCc1ccc(Cl)cc1. The van der Waals surface area contributed by atoms with Crippen LogP contribution in [0, 0.1) is 11.3 Å². The van der Waals surface area contributed by atoms with Crippen molar-refractivity contribution in [3.8, 4) is 11.5 Å². The van der Waals surface area contributed by atoms with Crippen LogP contribution >= 0.6 is 38.9 Å². The Hall–Kier alpha value is -3.13. The first kappa shape index (κ1) is 30.3. The highest BCUT2D eigenvalue weighted by atomic mass is 79.9. The van der Waals surface area contributed by atoms with Gasteiger partial charge in [0.1, 0.15) is 11.6 Å². The molecule has 0 radical (unpaired) electrons. The Labute approximate surface area is 265 Å². The Morgan fingerprint density at radius 1 is 1.14 bits per heavy atom. The first-order chi connectivity index (χ1) is 20.1. The number of hydrogen-bond donors (Lipinski definition) is 1. The Balaban J connectivity index is 1.44. The molecule has 1 amide bonds. The molecule has 0 unspecified atom stereocenters. The van der Waals surface area contributed by atoms with Crippen LogP contribution < -0.4 is 14.8 Å². The molecular formula is C34H34BrClN2O3S. The van der Waals surface area contributed by atoms with Crippen molar-refractivity contribution in [3.63, 3.8) is 0 Å². The second-order valence-electron chi connectivity index (χ2n) is 11.5. The minimum atomic E-state index is -0.121. The van der Waals surface area contributed by atoms with Crippen LogP contribution in [0.1, 0.15) is 59.1 Å². The number of ether oxygens (including phenoxy) is 2. The molecule has 1 aliphatic carbocycles. The average Bonchev–Trinajstić information content (AvgIpc) is 3.34. The fourth-order valence-corrected chi connectivity index (χ4v) is 7.14. The third kappa shape index (κ3) is 7.08. The number of halogens is 2. The van der Waals surface area contributed by atoms with Gasteiger partial charge >= 0.3 is 0 Å². The summed E-state index contributed by atoms with van der Waals surface area (Å²) in [5.41, 5.74) is 4.60. The largest absolute Gasteiger partial charge is 0.493 e. The van der Waals surface area contributed by atoms with E-state index in [9.17, 15) is 4.79 Å². The summed E-state index contributed by atoms with van der Waals surface area (Å²) in [5.74, 6) is 1.63. The summed E-state index contributed by atoms with van der Waals surface area (Å²) in [7, 11) is 1.61. The topological polar surface area (TPSA) is 59.9 Å². The van der Waals surface area contributed by atoms with Crippen molar-refractivity contribution in [2.45, 2.75) is 46.6 Å². The number of nitrogens with zero attached hydrogens (tertiary/aromatic N) is 1. The highest BCUT2D eigenvalue weighted by molar-refractivity contribution is 9.10. The summed E-state index contributed by atoms with van der Waals surface area (Å²) >= 11 is 11.3. The molecule has 218 valence electrons. The Morgan fingerprint density at radius 2 is 1.88 bits per heavy atom. The number of aliphatic imine (C=N–C) groups is 1. The Morgan fingerprint density at radius 3 is 2.57 bits per heavy atom. The van der Waals surface area contributed by atoms with Crippen molar-refractivity contribution >= 4 is 61.7 Å². The third-order valence-corrected chi connectivity index (χ3v) is 9.61. The van der Waals surface area contributed by atoms with Crippen LogP contribution in [0.5, 0.6) is 11.5 Å². The van der Waals surface area contributed by atoms with Gasteiger partial charge in [-0.05, 0) is 99.6 Å². The molecule has 4 aromatic rings. The average molecular weight is 666 g/mol. The zero-order chi connectivity index (χ0) is 29.9. The van der Waals surface area contributed by atoms with Crippen molar-refractivity contribution in [2.75, 3.05) is 12.4 Å². The molecule has 0 spiro atoms. The number of amides is 1. The smallest absolute Gasteiger partial charge is 0.259 e. The molecule has 0 saturated carbocycles. The maximum Gasteiger partial charge on any atom is 0.259 e. The van der Waals surface area contributed by atoms with Gasteiger partial charge in [0.2, 0.25) is 0 Å². The number of carbonyl (C=O) groups is 1. The number of nitrogens with one attached hydrogen (secondary N) is 1. The lowest BCUT2D eigenvalue weighted by molar-refractivity contribution is 0.102. The molecule has 1 aliphatic rings. The van der Waals surface area contributed by atoms with Gasteiger partial charge in [0, 0.05) is 21.8 Å². The van der Waals surface area contributed by atoms with Gasteiger partial charge < -0.3 is 14.8 Å². The van der Waals surface area contributed by atoms with Crippen molar-refractivity contribution in [3.05, 3.63) is 103 Å². The fourth-order valence-electron chi connectivity index (χ4n) is 5.17. The number of fused-ring (bicyclic) bond motifs is 1. The van der Waals surface area contributed by atoms with Gasteiger partial charge in [0.15, 0.2) is 11.5 Å². The van der Waals surface area contributed by atoms with Gasteiger partial charge in [-0.1, -0.05) is 62.7 Å². The third-order valence-electron chi connectivity index (χ3n) is 7.61. The summed E-state index contributed by atoms with van der Waals surface area (Å²) in [4.78, 5) is 19.8. The van der Waals surface area contributed by atoms with Crippen molar-refractivity contribution in [1.82, 2.24) is 0 Å². The number of methoxy groups -OCH3 is 1. The van der Waals surface area contributed by atoms with E-state index in [0.29, 0.717) is 34.6 Å². The highest BCUT2D eigenvalue weighted by Crippen LogP contribution is 2.45. The molecule has 1 heterocycles. The van der Waals surface area contributed by atoms with Crippen molar-refractivity contribution in [1.29, 1.82) is 0 Å². The summed E-state index contributed by atoms with van der Waals surface area (Å²) in [6, 6.07) is 20.9. The minimum Gasteiger partial charge on any atom is -0.493 e. The normalized spacial score (nSPS) is 15.0. The minimum absolute atomic E-state index is 0.121. The van der Waals surface area contributed by atoms with E-state index in [-0.39, 0.29) is 11.3 Å². The van der Waals surface area contributed by atoms with Gasteiger partial charge in [-0.15, -0.1) is 11.3 Å². The zero-order valence-electron chi connectivity index (χ0n) is 24.2. The summed E-state index contributed by atoms with van der Waals surface area (Å²) in [6.07, 6.45) is 4.68. The monoisotopic (exact) mass is 664 g/mol. The van der Waals surface area contributed by atoms with Gasteiger partial charge in [0.05, 0.1) is 17.1 Å². The van der Waals surface area contributed by atoms with Gasteiger partial charge in [0.25, 0.3) is 5.91 Å². The lowest BCUT2D eigenvalue weighted by Gasteiger charge is -2.33. The summed E-state index contributed by atoms with van der Waals surface area (Å²) in [5, 5.41) is 4.49. The number of benzene rings is 3. The molecule has 1 N–H and O–H groups in total. The molecule has 0 aliphatic heterocycles. The van der Waals surface area contributed by atoms with E-state index >= 15 is 0 Å². The maximum atomic E-state index is 13.6. The number of carbonyl (C=O) groups excluding carboxylic acids is 1. The van der Waals surface area contributed by atoms with Crippen molar-refractivity contribution in [2.24, 2.45) is 16.3 Å². The molecule has 5 rings (SSSR count). The van der Waals surface area contributed by atoms with Crippen LogP contribution in [0.3, 0.4) is 0 Å². The van der Waals surface area contributed by atoms with E-state index < -0.39 is 0 Å². The van der Waals surface area contributed by atoms with Crippen LogP contribution in [-0.2, 0) is 19.4 Å². The molecule has 0 fully saturated rings. The van der Waals surface area contributed by atoms with Crippen LogP contribution in [0.4, 0.5) is 10.7 Å². The lowest BCUT2D eigenvalue weighted by atomic mass is 9.72. The maximum absolute atomic E-state index is 13.6. The Kier molecular flexibility index (Phi) is 9.41. The quantitative estimate of drug-likeness (QED) is 0.191. The molecular weight excluding hydrogens is 632 g/mol. The first-order valence-electron chi connectivity index (χ1n) is 13.9. The van der Waals surface area contributed by atoms with Crippen molar-refractivity contribution < 1.29 is 14.3 Å². The van der Waals surface area contributed by atoms with E-state index in [1.54, 1.807) is 24.7 Å². The van der Waals surface area contributed by atoms with E-state index in [0.717, 1.165) is 51.1 Å². The lowest BCUT2D eigenvalue weighted by Crippen LogP contribution is -2.27. The zero-order valence-corrected chi connectivity index (χ0v) is 27.3. The molecule has 1 aromatic heterocycles. The second kappa shape index (κ2) is 13.0. The van der Waals surface area contributed by atoms with E-state index in [1.165, 1.54) is 4.88 Å². The van der Waals surface area contributed by atoms with Crippen LogP contribution in [0.15, 0.2) is 76.2 Å². The van der Waals surface area contributed by atoms with Crippen LogP contribution in [0.2, 0.25) is 5.02 Å². The molecule has 0 saturated heterocycles. The first-order valence-corrected chi connectivity index (χ1v) is 15.9. The number of hydrogen-bond acceptors (Lipinski definition) is 5. The molecule has 5 nitrogen and oxygen atoms in total. The van der Waals surface area contributed by atoms with Gasteiger partial charge in [-0.25, -0.2) is 4.99 Å². The summed E-state index contributed by atoms with van der Waals surface area (Å²) in [6.45, 7) is 7.26. The number of anilines is 1. The molecule has 3 aromatic carbocycles. The fraction of sp³-hybridized carbons (Fsp3) is 0.294. The molecule has 8 heteroatoms. The van der Waals surface area contributed by atoms with Crippen LogP contribution in [0.25, 0.3) is 0 Å². The number of rotatable bonds is 8. The van der Waals surface area contributed by atoms with E-state index in [2.05, 4.69) is 42.0 Å². The summed E-state index contributed by atoms with van der Waals surface area (Å²) < 4.78 is 12.5. The van der Waals surface area contributed by atoms with Crippen LogP contribution in [-0.4, -0.2) is 19.2 Å². The van der Waals surface area contributed by atoms with E-state index in [4.69, 9.17) is 26.1 Å². The highest BCUT2D eigenvalue weighted by Gasteiger charge is 2.33. The predicted molar refractivity (Wildman–Crippen MR) is 177 cm³/mol. The number of thiophene rings is 1. The second-order valence-corrected chi connectivity index (χ2v) is 13.9. The number of para-hydroxylation sites is 1. The molecule has 42 heavy (non-hydrogen) atoms. The van der Waals surface area contributed by atoms with E-state index in [1.807, 2.05) is 66.7 Å². The standard InChI is InChI=1S/C34H34BrClN2O3S/c1-34(2,3)23-12-15-26-29(18-23)42-33(30(26)32(39)38-25-8-6-5-7-9-25)37-19-22-16-27(35)31(28(17-22)40-4)41-20-21-10-13-24(36)14-11-21/h5-11,13-14,16-17,19,23H,12,15,18,20H2,1-4H3,(H,38,39)/t23-/m1/s1. The van der Waals surface area contributed by atoms with Gasteiger partial charge in [-0.3, -0.25) is 4.79 Å². The van der Waals surface area contributed by atoms with Gasteiger partial charge in [-0.2, -0.15) is 0 Å². The molecule has 0 bridgehead atoms. The molecule has 1 atom stereocenters. The Bertz CT molecular complexity index is 1590. The predicted octanol–water partition coefficient (Wildman–Crippen LogP) is 9.91.